The Labute approximate surface area is 112 Å². The third-order valence-electron chi connectivity index (χ3n) is 3.34. The van der Waals surface area contributed by atoms with Gasteiger partial charge in [-0.2, -0.15) is 4.98 Å². The lowest BCUT2D eigenvalue weighted by molar-refractivity contribution is -0.118. The van der Waals surface area contributed by atoms with Crippen LogP contribution in [0.15, 0.2) is 4.52 Å². The zero-order chi connectivity index (χ0) is 13.7. The van der Waals surface area contributed by atoms with Gasteiger partial charge in [-0.1, -0.05) is 5.16 Å². The van der Waals surface area contributed by atoms with Crippen molar-refractivity contribution in [2.45, 2.75) is 31.5 Å². The van der Waals surface area contributed by atoms with Crippen LogP contribution in [0.5, 0.6) is 0 Å². The minimum atomic E-state index is -0.512. The topological polar surface area (TPSA) is 92.6 Å². The average molecular weight is 271 g/mol. The Bertz CT molecular complexity index is 381. The Hall–Kier alpha value is -1.02. The average Bonchev–Trinajstić information content (AvgIpc) is 2.92. The standard InChI is InChI=1S/C12H21N3O4/c1-3-18-12(4-6-17-7-5-12)11-14-10(19-15-11)9(8-13)16-2/h9H,3-8,13H2,1-2H3. The zero-order valence-corrected chi connectivity index (χ0v) is 11.4. The summed E-state index contributed by atoms with van der Waals surface area (Å²) in [6.07, 6.45) is 1.07. The number of aromatic nitrogens is 2. The monoisotopic (exact) mass is 271 g/mol. The Balaban J connectivity index is 2.22. The van der Waals surface area contributed by atoms with Crippen LogP contribution in [0.3, 0.4) is 0 Å². The van der Waals surface area contributed by atoms with Gasteiger partial charge in [-0.3, -0.25) is 0 Å². The first-order chi connectivity index (χ1) is 9.25. The molecule has 2 N–H and O–H groups in total. The van der Waals surface area contributed by atoms with Gasteiger partial charge >= 0.3 is 0 Å². The van der Waals surface area contributed by atoms with Gasteiger partial charge in [0.2, 0.25) is 5.82 Å². The van der Waals surface area contributed by atoms with Gasteiger partial charge in [-0.25, -0.2) is 0 Å². The van der Waals surface area contributed by atoms with Crippen LogP contribution in [0.1, 0.15) is 37.6 Å². The van der Waals surface area contributed by atoms with Crippen LogP contribution < -0.4 is 5.73 Å². The normalized spacial score (nSPS) is 20.4. The van der Waals surface area contributed by atoms with Crippen LogP contribution in [0.4, 0.5) is 0 Å². The van der Waals surface area contributed by atoms with Crippen molar-refractivity contribution in [3.8, 4) is 0 Å². The summed E-state index contributed by atoms with van der Waals surface area (Å²) in [5.74, 6) is 0.953. The molecule has 1 aliphatic heterocycles. The van der Waals surface area contributed by atoms with Crippen LogP contribution in [-0.4, -0.2) is 43.6 Å². The SMILES string of the molecule is CCOC1(c2noc(C(CN)OC)n2)CCOCC1. The first kappa shape index (κ1) is 14.4. The molecule has 1 saturated heterocycles. The molecule has 19 heavy (non-hydrogen) atoms. The van der Waals surface area contributed by atoms with E-state index in [0.29, 0.717) is 38.1 Å². The van der Waals surface area contributed by atoms with Crippen molar-refractivity contribution >= 4 is 0 Å². The summed E-state index contributed by atoms with van der Waals surface area (Å²) in [5.41, 5.74) is 5.08. The van der Waals surface area contributed by atoms with Gasteiger partial charge in [0.05, 0.1) is 0 Å². The van der Waals surface area contributed by atoms with Gasteiger partial charge < -0.3 is 24.5 Å². The van der Waals surface area contributed by atoms with Gasteiger partial charge in [0, 0.05) is 46.3 Å². The predicted octanol–water partition coefficient (Wildman–Crippen LogP) is 0.758. The second-order valence-corrected chi connectivity index (χ2v) is 4.46. The van der Waals surface area contributed by atoms with Gasteiger partial charge in [0.15, 0.2) is 0 Å². The molecule has 1 fully saturated rings. The molecule has 0 aliphatic carbocycles. The van der Waals surface area contributed by atoms with Gasteiger partial charge in [-0.05, 0) is 6.92 Å². The second kappa shape index (κ2) is 6.42. The molecule has 2 heterocycles. The fourth-order valence-corrected chi connectivity index (χ4v) is 2.26. The van der Waals surface area contributed by atoms with Gasteiger partial charge in [-0.15, -0.1) is 0 Å². The van der Waals surface area contributed by atoms with E-state index in [0.717, 1.165) is 12.8 Å². The van der Waals surface area contributed by atoms with Crippen LogP contribution in [-0.2, 0) is 19.8 Å². The first-order valence-corrected chi connectivity index (χ1v) is 6.54. The van der Waals surface area contributed by atoms with E-state index in [-0.39, 0.29) is 6.10 Å². The first-order valence-electron chi connectivity index (χ1n) is 6.54. The largest absolute Gasteiger partial charge is 0.381 e. The van der Waals surface area contributed by atoms with E-state index in [1.54, 1.807) is 7.11 Å². The van der Waals surface area contributed by atoms with Crippen LogP contribution in [0, 0.1) is 0 Å². The molecular formula is C12H21N3O4. The lowest BCUT2D eigenvalue weighted by Gasteiger charge is -2.33. The molecule has 1 aromatic rings. The van der Waals surface area contributed by atoms with E-state index in [9.17, 15) is 0 Å². The highest BCUT2D eigenvalue weighted by Crippen LogP contribution is 2.34. The molecule has 1 aromatic heterocycles. The summed E-state index contributed by atoms with van der Waals surface area (Å²) in [7, 11) is 1.56. The molecule has 2 rings (SSSR count). The molecule has 0 bridgehead atoms. The number of hydrogen-bond acceptors (Lipinski definition) is 7. The number of rotatable bonds is 6. The van der Waals surface area contributed by atoms with Crippen molar-refractivity contribution in [3.05, 3.63) is 11.7 Å². The van der Waals surface area contributed by atoms with Crippen molar-refractivity contribution < 1.29 is 18.7 Å². The molecule has 7 nitrogen and oxygen atoms in total. The zero-order valence-electron chi connectivity index (χ0n) is 11.4. The van der Waals surface area contributed by atoms with Crippen molar-refractivity contribution in [1.29, 1.82) is 0 Å². The second-order valence-electron chi connectivity index (χ2n) is 4.46. The third-order valence-corrected chi connectivity index (χ3v) is 3.34. The van der Waals surface area contributed by atoms with Crippen molar-refractivity contribution in [1.82, 2.24) is 10.1 Å². The summed E-state index contributed by atoms with van der Waals surface area (Å²) >= 11 is 0. The van der Waals surface area contributed by atoms with E-state index in [4.69, 9.17) is 24.5 Å². The molecule has 0 aromatic carbocycles. The van der Waals surface area contributed by atoms with Crippen LogP contribution >= 0.6 is 0 Å². The summed E-state index contributed by atoms with van der Waals surface area (Å²) in [5, 5.41) is 4.05. The molecule has 7 heteroatoms. The molecule has 0 radical (unpaired) electrons. The lowest BCUT2D eigenvalue weighted by atomic mass is 9.93. The number of hydrogen-bond donors (Lipinski definition) is 1. The van der Waals surface area contributed by atoms with E-state index in [1.165, 1.54) is 0 Å². The third kappa shape index (κ3) is 2.94. The number of nitrogens with two attached hydrogens (primary N) is 1. The Morgan fingerprint density at radius 2 is 2.16 bits per heavy atom. The maximum absolute atomic E-state index is 5.88. The molecule has 0 saturated carbocycles. The number of nitrogens with zero attached hydrogens (tertiary/aromatic N) is 2. The molecule has 0 amide bonds. The molecule has 1 unspecified atom stereocenters. The Morgan fingerprint density at radius 1 is 1.42 bits per heavy atom. The Kier molecular flexibility index (Phi) is 4.87. The number of ether oxygens (including phenoxy) is 3. The quantitative estimate of drug-likeness (QED) is 0.816. The summed E-state index contributed by atoms with van der Waals surface area (Å²) in [6.45, 7) is 4.11. The Morgan fingerprint density at radius 3 is 2.74 bits per heavy atom. The molecule has 0 spiro atoms. The van der Waals surface area contributed by atoms with Crippen molar-refractivity contribution in [2.75, 3.05) is 33.5 Å². The lowest BCUT2D eigenvalue weighted by Crippen LogP contribution is -2.37. The summed E-state index contributed by atoms with van der Waals surface area (Å²) in [6, 6.07) is 0. The number of methoxy groups -OCH3 is 1. The summed E-state index contributed by atoms with van der Waals surface area (Å²) < 4.78 is 21.7. The van der Waals surface area contributed by atoms with E-state index in [2.05, 4.69) is 10.1 Å². The highest BCUT2D eigenvalue weighted by Gasteiger charge is 2.40. The minimum Gasteiger partial charge on any atom is -0.381 e. The fourth-order valence-electron chi connectivity index (χ4n) is 2.26. The maximum atomic E-state index is 5.88. The molecular weight excluding hydrogens is 250 g/mol. The van der Waals surface area contributed by atoms with Crippen LogP contribution in [0.2, 0.25) is 0 Å². The van der Waals surface area contributed by atoms with E-state index in [1.807, 2.05) is 6.92 Å². The molecule has 1 aliphatic rings. The summed E-state index contributed by atoms with van der Waals surface area (Å²) in [4.78, 5) is 4.40. The predicted molar refractivity (Wildman–Crippen MR) is 66.5 cm³/mol. The van der Waals surface area contributed by atoms with Crippen LogP contribution in [0.25, 0.3) is 0 Å². The van der Waals surface area contributed by atoms with Gasteiger partial charge in [0.1, 0.15) is 11.7 Å². The van der Waals surface area contributed by atoms with E-state index >= 15 is 0 Å². The smallest absolute Gasteiger partial charge is 0.257 e. The highest BCUT2D eigenvalue weighted by atomic mass is 16.5. The highest BCUT2D eigenvalue weighted by molar-refractivity contribution is 5.04. The molecule has 108 valence electrons. The minimum absolute atomic E-state index is 0.295. The maximum Gasteiger partial charge on any atom is 0.257 e. The fraction of sp³-hybridized carbons (Fsp3) is 0.833. The molecule has 1 atom stereocenters. The van der Waals surface area contributed by atoms with Crippen molar-refractivity contribution in [2.24, 2.45) is 5.73 Å². The van der Waals surface area contributed by atoms with E-state index < -0.39 is 5.60 Å². The van der Waals surface area contributed by atoms with Gasteiger partial charge in [0.25, 0.3) is 5.89 Å². The van der Waals surface area contributed by atoms with Crippen molar-refractivity contribution in [3.63, 3.8) is 0 Å².